The summed E-state index contributed by atoms with van der Waals surface area (Å²) in [6.45, 7) is 8.80. The zero-order valence-corrected chi connectivity index (χ0v) is 14.0. The fraction of sp³-hybridized carbons (Fsp3) is 0.647. The molecule has 2 rings (SSSR count). The Labute approximate surface area is 125 Å². The van der Waals surface area contributed by atoms with E-state index in [1.165, 1.54) is 30.4 Å². The Hall–Kier alpha value is -0.340. The lowest BCUT2D eigenvalue weighted by Crippen LogP contribution is -2.32. The van der Waals surface area contributed by atoms with Gasteiger partial charge in [0.2, 0.25) is 0 Å². The van der Waals surface area contributed by atoms with Gasteiger partial charge in [-0.1, -0.05) is 48.7 Å². The van der Waals surface area contributed by atoms with Crippen LogP contribution in [0.4, 0.5) is 0 Å². The zero-order chi connectivity index (χ0) is 14.2. The summed E-state index contributed by atoms with van der Waals surface area (Å²) in [6, 6.07) is 4.28. The van der Waals surface area contributed by atoms with Crippen LogP contribution in [0.25, 0.3) is 0 Å². The van der Waals surface area contributed by atoms with Crippen LogP contribution in [0.1, 0.15) is 62.3 Å². The number of aliphatic hydroxyl groups is 1. The third-order valence-electron chi connectivity index (χ3n) is 4.84. The highest BCUT2D eigenvalue weighted by molar-refractivity contribution is 9.10. The molecule has 1 aliphatic rings. The van der Waals surface area contributed by atoms with Crippen molar-refractivity contribution in [2.24, 2.45) is 11.3 Å². The van der Waals surface area contributed by atoms with Gasteiger partial charge in [-0.3, -0.25) is 0 Å². The van der Waals surface area contributed by atoms with Gasteiger partial charge in [-0.05, 0) is 60.8 Å². The molecule has 2 heteroatoms. The summed E-state index contributed by atoms with van der Waals surface area (Å²) in [6.07, 6.45) is 4.59. The molecule has 1 N–H and O–H groups in total. The lowest BCUT2D eigenvalue weighted by Gasteiger charge is -2.42. The standard InChI is InChI=1S/C17H25BrO/c1-11-10-15(18)12(2)9-13(11)16(19)14-7-5-6-8-17(14,3)4/h9-10,14,16,19H,5-8H2,1-4H3. The van der Waals surface area contributed by atoms with Crippen LogP contribution in [0.3, 0.4) is 0 Å². The Kier molecular flexibility index (Phi) is 4.42. The minimum atomic E-state index is -0.331. The molecule has 2 unspecified atom stereocenters. The van der Waals surface area contributed by atoms with Gasteiger partial charge in [0.05, 0.1) is 6.10 Å². The number of benzene rings is 1. The van der Waals surface area contributed by atoms with Gasteiger partial charge in [0.15, 0.2) is 0 Å². The topological polar surface area (TPSA) is 20.2 Å². The molecular weight excluding hydrogens is 300 g/mol. The van der Waals surface area contributed by atoms with Crippen molar-refractivity contribution in [2.45, 2.75) is 59.5 Å². The number of hydrogen-bond donors (Lipinski definition) is 1. The van der Waals surface area contributed by atoms with Crippen molar-refractivity contribution in [3.8, 4) is 0 Å². The average Bonchev–Trinajstić information content (AvgIpc) is 2.32. The largest absolute Gasteiger partial charge is 0.388 e. The van der Waals surface area contributed by atoms with Gasteiger partial charge in [0.25, 0.3) is 0 Å². The molecule has 0 bridgehead atoms. The van der Waals surface area contributed by atoms with E-state index in [2.05, 4.69) is 55.8 Å². The molecule has 0 aromatic heterocycles. The van der Waals surface area contributed by atoms with E-state index in [1.54, 1.807) is 0 Å². The summed E-state index contributed by atoms with van der Waals surface area (Å²) >= 11 is 3.57. The molecule has 0 aliphatic heterocycles. The number of halogens is 1. The molecule has 1 fully saturated rings. The summed E-state index contributed by atoms with van der Waals surface area (Å²) in [4.78, 5) is 0. The summed E-state index contributed by atoms with van der Waals surface area (Å²) in [7, 11) is 0. The number of aryl methyl sites for hydroxylation is 2. The Morgan fingerprint density at radius 2 is 1.89 bits per heavy atom. The lowest BCUT2D eigenvalue weighted by atomic mass is 9.65. The highest BCUT2D eigenvalue weighted by Gasteiger charge is 2.37. The van der Waals surface area contributed by atoms with Crippen molar-refractivity contribution in [3.05, 3.63) is 33.3 Å². The summed E-state index contributed by atoms with van der Waals surface area (Å²) < 4.78 is 1.13. The predicted molar refractivity (Wildman–Crippen MR) is 84.3 cm³/mol. The Balaban J connectivity index is 2.33. The van der Waals surface area contributed by atoms with E-state index in [0.29, 0.717) is 5.92 Å². The first-order chi connectivity index (χ1) is 8.83. The second-order valence-electron chi connectivity index (χ2n) is 6.74. The molecular formula is C17H25BrO. The maximum absolute atomic E-state index is 10.9. The molecule has 0 heterocycles. The first-order valence-electron chi connectivity index (χ1n) is 7.27. The minimum Gasteiger partial charge on any atom is -0.388 e. The highest BCUT2D eigenvalue weighted by Crippen LogP contribution is 2.47. The van der Waals surface area contributed by atoms with E-state index >= 15 is 0 Å². The Morgan fingerprint density at radius 1 is 1.21 bits per heavy atom. The summed E-state index contributed by atoms with van der Waals surface area (Å²) in [5, 5.41) is 10.9. The molecule has 1 aliphatic carbocycles. The van der Waals surface area contributed by atoms with Gasteiger partial charge in [0, 0.05) is 4.47 Å². The minimum absolute atomic E-state index is 0.241. The van der Waals surface area contributed by atoms with Crippen LogP contribution in [-0.4, -0.2) is 5.11 Å². The molecule has 1 nitrogen and oxygen atoms in total. The SMILES string of the molecule is Cc1cc(C(O)C2CCCCC2(C)C)c(C)cc1Br. The maximum atomic E-state index is 10.9. The van der Waals surface area contributed by atoms with Gasteiger partial charge in [-0.2, -0.15) is 0 Å². The van der Waals surface area contributed by atoms with Crippen LogP contribution in [0.5, 0.6) is 0 Å². The number of hydrogen-bond acceptors (Lipinski definition) is 1. The van der Waals surface area contributed by atoms with E-state index in [0.717, 1.165) is 16.5 Å². The van der Waals surface area contributed by atoms with Crippen molar-refractivity contribution >= 4 is 15.9 Å². The molecule has 0 spiro atoms. The highest BCUT2D eigenvalue weighted by atomic mass is 79.9. The van der Waals surface area contributed by atoms with Gasteiger partial charge in [-0.25, -0.2) is 0 Å². The van der Waals surface area contributed by atoms with Crippen molar-refractivity contribution in [3.63, 3.8) is 0 Å². The quantitative estimate of drug-likeness (QED) is 0.780. The van der Waals surface area contributed by atoms with Gasteiger partial charge >= 0.3 is 0 Å². The van der Waals surface area contributed by atoms with Crippen molar-refractivity contribution < 1.29 is 5.11 Å². The van der Waals surface area contributed by atoms with E-state index < -0.39 is 0 Å². The average molecular weight is 325 g/mol. The molecule has 0 radical (unpaired) electrons. The van der Waals surface area contributed by atoms with Crippen LogP contribution in [0, 0.1) is 25.2 Å². The van der Waals surface area contributed by atoms with Crippen LogP contribution in [0.2, 0.25) is 0 Å². The smallest absolute Gasteiger partial charge is 0.0825 e. The molecule has 0 saturated heterocycles. The third kappa shape index (κ3) is 3.05. The fourth-order valence-electron chi connectivity index (χ4n) is 3.44. The Bertz CT molecular complexity index is 465. The molecule has 19 heavy (non-hydrogen) atoms. The van der Waals surface area contributed by atoms with Crippen LogP contribution >= 0.6 is 15.9 Å². The fourth-order valence-corrected chi connectivity index (χ4v) is 3.90. The van der Waals surface area contributed by atoms with Crippen LogP contribution in [0.15, 0.2) is 16.6 Å². The van der Waals surface area contributed by atoms with Gasteiger partial charge in [-0.15, -0.1) is 0 Å². The van der Waals surface area contributed by atoms with E-state index in [4.69, 9.17) is 0 Å². The lowest BCUT2D eigenvalue weighted by molar-refractivity contribution is 0.00349. The van der Waals surface area contributed by atoms with Crippen LogP contribution in [-0.2, 0) is 0 Å². The maximum Gasteiger partial charge on any atom is 0.0825 e. The van der Waals surface area contributed by atoms with Crippen molar-refractivity contribution in [1.29, 1.82) is 0 Å². The molecule has 106 valence electrons. The number of aliphatic hydroxyl groups excluding tert-OH is 1. The molecule has 1 aromatic carbocycles. The summed E-state index contributed by atoms with van der Waals surface area (Å²) in [5.74, 6) is 0.375. The molecule has 1 aromatic rings. The summed E-state index contributed by atoms with van der Waals surface area (Å²) in [5.41, 5.74) is 3.74. The number of rotatable bonds is 2. The third-order valence-corrected chi connectivity index (χ3v) is 5.69. The molecule has 0 amide bonds. The molecule has 2 atom stereocenters. The van der Waals surface area contributed by atoms with Gasteiger partial charge < -0.3 is 5.11 Å². The van der Waals surface area contributed by atoms with Gasteiger partial charge in [0.1, 0.15) is 0 Å². The van der Waals surface area contributed by atoms with Crippen LogP contribution < -0.4 is 0 Å². The second kappa shape index (κ2) is 5.57. The van der Waals surface area contributed by atoms with E-state index in [9.17, 15) is 5.11 Å². The second-order valence-corrected chi connectivity index (χ2v) is 7.60. The first-order valence-corrected chi connectivity index (χ1v) is 8.07. The Morgan fingerprint density at radius 3 is 2.53 bits per heavy atom. The van der Waals surface area contributed by atoms with E-state index in [1.807, 2.05) is 0 Å². The monoisotopic (exact) mass is 324 g/mol. The normalized spacial score (nSPS) is 24.2. The van der Waals surface area contributed by atoms with Crippen molar-refractivity contribution in [2.75, 3.05) is 0 Å². The van der Waals surface area contributed by atoms with E-state index in [-0.39, 0.29) is 11.5 Å². The predicted octanol–water partition coefficient (Wildman–Crippen LogP) is 5.32. The molecule has 1 saturated carbocycles. The van der Waals surface area contributed by atoms with Crippen molar-refractivity contribution in [1.82, 2.24) is 0 Å². The first kappa shape index (κ1) is 15.1. The zero-order valence-electron chi connectivity index (χ0n) is 12.5.